The van der Waals surface area contributed by atoms with E-state index in [9.17, 15) is 4.79 Å². The van der Waals surface area contributed by atoms with Gasteiger partial charge in [0.25, 0.3) is 5.56 Å². The molecule has 4 heteroatoms. The molecule has 4 nitrogen and oxygen atoms in total. The summed E-state index contributed by atoms with van der Waals surface area (Å²) < 4.78 is 0. The van der Waals surface area contributed by atoms with Gasteiger partial charge in [-0.1, -0.05) is 6.92 Å². The monoisotopic (exact) mass is 189 g/mol. The summed E-state index contributed by atoms with van der Waals surface area (Å²) >= 11 is 0. The van der Waals surface area contributed by atoms with Crippen LogP contribution in [0.5, 0.6) is 0 Å². The van der Waals surface area contributed by atoms with Crippen molar-refractivity contribution in [3.63, 3.8) is 0 Å². The molecule has 0 aliphatic heterocycles. The summed E-state index contributed by atoms with van der Waals surface area (Å²) in [4.78, 5) is 22.6. The van der Waals surface area contributed by atoms with Gasteiger partial charge in [0.15, 0.2) is 5.65 Å². The Morgan fingerprint density at radius 1 is 1.50 bits per heavy atom. The number of hydrogen-bond acceptors (Lipinski definition) is 3. The maximum absolute atomic E-state index is 11.5. The van der Waals surface area contributed by atoms with Gasteiger partial charge in [-0.15, -0.1) is 0 Å². The van der Waals surface area contributed by atoms with Crippen LogP contribution in [0.1, 0.15) is 19.2 Å². The van der Waals surface area contributed by atoms with E-state index in [0.717, 1.165) is 12.8 Å². The van der Waals surface area contributed by atoms with Crippen LogP contribution in [0.15, 0.2) is 23.1 Å². The van der Waals surface area contributed by atoms with Crippen LogP contribution in [0.2, 0.25) is 0 Å². The van der Waals surface area contributed by atoms with Crippen molar-refractivity contribution in [3.8, 4) is 0 Å². The summed E-state index contributed by atoms with van der Waals surface area (Å²) in [5.74, 6) is 0.712. The predicted molar refractivity (Wildman–Crippen MR) is 54.2 cm³/mol. The van der Waals surface area contributed by atoms with E-state index in [-0.39, 0.29) is 5.56 Å². The lowest BCUT2D eigenvalue weighted by Crippen LogP contribution is -2.12. The summed E-state index contributed by atoms with van der Waals surface area (Å²) in [6.45, 7) is 2.04. The van der Waals surface area contributed by atoms with Gasteiger partial charge in [0.2, 0.25) is 0 Å². The molecule has 2 rings (SSSR count). The number of pyridine rings is 1. The Balaban J connectivity index is 2.66. The van der Waals surface area contributed by atoms with E-state index in [1.807, 2.05) is 6.92 Å². The second-order valence-electron chi connectivity index (χ2n) is 3.14. The molecule has 0 radical (unpaired) electrons. The molecule has 0 fully saturated rings. The third-order valence-corrected chi connectivity index (χ3v) is 2.02. The van der Waals surface area contributed by atoms with Crippen molar-refractivity contribution in [3.05, 3.63) is 34.5 Å². The first kappa shape index (κ1) is 8.87. The summed E-state index contributed by atoms with van der Waals surface area (Å²) in [6, 6.07) is 3.46. The number of nitrogens with one attached hydrogen (secondary N) is 1. The molecular formula is C10H11N3O. The normalized spacial score (nSPS) is 10.6. The zero-order valence-corrected chi connectivity index (χ0v) is 7.95. The topological polar surface area (TPSA) is 58.6 Å². The molecule has 1 N–H and O–H groups in total. The van der Waals surface area contributed by atoms with Crippen LogP contribution in [-0.4, -0.2) is 15.0 Å². The maximum atomic E-state index is 11.5. The van der Waals surface area contributed by atoms with Gasteiger partial charge in [0.1, 0.15) is 5.82 Å². The van der Waals surface area contributed by atoms with E-state index < -0.39 is 0 Å². The van der Waals surface area contributed by atoms with Gasteiger partial charge in [0, 0.05) is 12.6 Å². The van der Waals surface area contributed by atoms with Gasteiger partial charge in [-0.05, 0) is 18.6 Å². The van der Waals surface area contributed by atoms with Crippen LogP contribution in [0.4, 0.5) is 0 Å². The molecule has 0 atom stereocenters. The molecule has 0 amide bonds. The molecule has 0 spiro atoms. The lowest BCUT2D eigenvalue weighted by molar-refractivity contribution is 0.834. The molecule has 2 aromatic rings. The molecule has 14 heavy (non-hydrogen) atoms. The third kappa shape index (κ3) is 1.51. The lowest BCUT2D eigenvalue weighted by Gasteiger charge is -1.99. The van der Waals surface area contributed by atoms with E-state index in [2.05, 4.69) is 15.0 Å². The Hall–Kier alpha value is -1.71. The molecule has 0 unspecified atom stereocenters. The molecule has 0 saturated heterocycles. The first-order valence-corrected chi connectivity index (χ1v) is 4.65. The van der Waals surface area contributed by atoms with Crippen LogP contribution in [-0.2, 0) is 6.42 Å². The zero-order chi connectivity index (χ0) is 9.97. The van der Waals surface area contributed by atoms with Crippen molar-refractivity contribution in [1.82, 2.24) is 15.0 Å². The van der Waals surface area contributed by atoms with E-state index in [4.69, 9.17) is 0 Å². The Kier molecular flexibility index (Phi) is 2.26. The number of H-pyrrole nitrogens is 1. The largest absolute Gasteiger partial charge is 0.310 e. The highest BCUT2D eigenvalue weighted by Gasteiger charge is 2.02. The van der Waals surface area contributed by atoms with Gasteiger partial charge in [-0.3, -0.25) is 4.79 Å². The van der Waals surface area contributed by atoms with E-state index >= 15 is 0 Å². The summed E-state index contributed by atoms with van der Waals surface area (Å²) in [5, 5.41) is 0.548. The molecule has 0 aliphatic carbocycles. The van der Waals surface area contributed by atoms with Crippen molar-refractivity contribution < 1.29 is 0 Å². The number of aromatic nitrogens is 3. The third-order valence-electron chi connectivity index (χ3n) is 2.02. The first-order chi connectivity index (χ1) is 6.81. The van der Waals surface area contributed by atoms with Gasteiger partial charge in [-0.25, -0.2) is 9.97 Å². The van der Waals surface area contributed by atoms with Crippen molar-refractivity contribution in [1.29, 1.82) is 0 Å². The summed E-state index contributed by atoms with van der Waals surface area (Å²) in [7, 11) is 0. The molecular weight excluding hydrogens is 178 g/mol. The number of nitrogens with zero attached hydrogens (tertiary/aromatic N) is 2. The Morgan fingerprint density at radius 3 is 3.14 bits per heavy atom. The molecule has 0 saturated carbocycles. The fraction of sp³-hybridized carbons (Fsp3) is 0.300. The molecule has 0 aromatic carbocycles. The van der Waals surface area contributed by atoms with Crippen LogP contribution < -0.4 is 5.56 Å². The second kappa shape index (κ2) is 3.57. The van der Waals surface area contributed by atoms with Gasteiger partial charge < -0.3 is 4.98 Å². The second-order valence-corrected chi connectivity index (χ2v) is 3.14. The van der Waals surface area contributed by atoms with Crippen LogP contribution in [0.25, 0.3) is 11.0 Å². The Labute approximate surface area is 81.0 Å². The highest BCUT2D eigenvalue weighted by molar-refractivity contribution is 5.72. The number of aromatic amines is 1. The zero-order valence-electron chi connectivity index (χ0n) is 7.95. The standard InChI is InChI=1S/C10H11N3O/c1-2-4-8-12-9-7(10(14)13-8)5-3-6-11-9/h3,5-6H,2,4H2,1H3,(H,11,12,13,14). The van der Waals surface area contributed by atoms with Gasteiger partial charge in [-0.2, -0.15) is 0 Å². The van der Waals surface area contributed by atoms with E-state index in [1.54, 1.807) is 18.3 Å². The van der Waals surface area contributed by atoms with Gasteiger partial charge in [0.05, 0.1) is 5.39 Å². The minimum Gasteiger partial charge on any atom is -0.310 e. The molecule has 2 heterocycles. The van der Waals surface area contributed by atoms with Gasteiger partial charge >= 0.3 is 0 Å². The first-order valence-electron chi connectivity index (χ1n) is 4.65. The highest BCUT2D eigenvalue weighted by Crippen LogP contribution is 2.02. The number of aryl methyl sites for hydroxylation is 1. The fourth-order valence-electron chi connectivity index (χ4n) is 1.37. The number of rotatable bonds is 2. The number of hydrogen-bond donors (Lipinski definition) is 1. The van der Waals surface area contributed by atoms with Crippen molar-refractivity contribution in [2.75, 3.05) is 0 Å². The Morgan fingerprint density at radius 2 is 2.36 bits per heavy atom. The lowest BCUT2D eigenvalue weighted by atomic mass is 10.3. The number of fused-ring (bicyclic) bond motifs is 1. The summed E-state index contributed by atoms with van der Waals surface area (Å²) in [6.07, 6.45) is 3.38. The smallest absolute Gasteiger partial charge is 0.260 e. The molecule has 72 valence electrons. The fourth-order valence-corrected chi connectivity index (χ4v) is 1.37. The average molecular weight is 189 g/mol. The maximum Gasteiger partial charge on any atom is 0.260 e. The minimum absolute atomic E-state index is 0.105. The molecule has 0 bridgehead atoms. The summed E-state index contributed by atoms with van der Waals surface area (Å²) in [5.41, 5.74) is 0.422. The SMILES string of the molecule is CCCc1nc2ncccc2c(=O)[nH]1. The van der Waals surface area contributed by atoms with Crippen molar-refractivity contribution in [2.45, 2.75) is 19.8 Å². The molecule has 2 aromatic heterocycles. The predicted octanol–water partition coefficient (Wildman–Crippen LogP) is 1.27. The quantitative estimate of drug-likeness (QED) is 0.773. The van der Waals surface area contributed by atoms with Crippen LogP contribution >= 0.6 is 0 Å². The molecule has 0 aliphatic rings. The van der Waals surface area contributed by atoms with E-state index in [0.29, 0.717) is 16.9 Å². The van der Waals surface area contributed by atoms with E-state index in [1.165, 1.54) is 0 Å². The average Bonchev–Trinajstić information content (AvgIpc) is 2.18. The van der Waals surface area contributed by atoms with Crippen molar-refractivity contribution >= 4 is 11.0 Å². The Bertz CT molecular complexity index is 504. The highest BCUT2D eigenvalue weighted by atomic mass is 16.1. The van der Waals surface area contributed by atoms with Crippen molar-refractivity contribution in [2.24, 2.45) is 0 Å². The van der Waals surface area contributed by atoms with Crippen LogP contribution in [0, 0.1) is 0 Å². The van der Waals surface area contributed by atoms with Crippen LogP contribution in [0.3, 0.4) is 0 Å². The minimum atomic E-state index is -0.105.